The Morgan fingerprint density at radius 3 is 2.83 bits per heavy atom. The van der Waals surface area contributed by atoms with Crippen LogP contribution in [-0.2, 0) is 19.5 Å². The number of guanidine groups is 1. The molecule has 0 spiro atoms. The maximum Gasteiger partial charge on any atom is 0.191 e. The van der Waals surface area contributed by atoms with Crippen molar-refractivity contribution in [3.8, 4) is 5.75 Å². The van der Waals surface area contributed by atoms with E-state index in [4.69, 9.17) is 4.74 Å². The first-order valence-corrected chi connectivity index (χ1v) is 8.84. The molecule has 0 amide bonds. The van der Waals surface area contributed by atoms with Crippen molar-refractivity contribution in [1.82, 2.24) is 15.6 Å². The number of thiazole rings is 1. The third kappa shape index (κ3) is 5.38. The van der Waals surface area contributed by atoms with Crippen molar-refractivity contribution in [3.05, 3.63) is 58.6 Å². The molecule has 0 saturated heterocycles. The first-order chi connectivity index (χ1) is 11.8. The second-order valence-electron chi connectivity index (χ2n) is 5.07. The molecule has 1 aromatic carbocycles. The molecule has 0 bridgehead atoms. The number of aromatic nitrogens is 1. The number of aryl methyl sites for hydroxylation is 1. The number of aliphatic imine (C=N–C) groups is 1. The van der Waals surface area contributed by atoms with Gasteiger partial charge in [-0.05, 0) is 12.5 Å². The van der Waals surface area contributed by atoms with Gasteiger partial charge in [-0.3, -0.25) is 4.99 Å². The average Bonchev–Trinajstić information content (AvgIpc) is 3.09. The maximum atomic E-state index is 5.67. The highest BCUT2D eigenvalue weighted by molar-refractivity contribution is 7.09. The number of hydrogen-bond acceptors (Lipinski definition) is 4. The Balaban J connectivity index is 1.88. The van der Waals surface area contributed by atoms with Crippen LogP contribution < -0.4 is 15.4 Å². The highest BCUT2D eigenvalue weighted by Gasteiger charge is 2.05. The summed E-state index contributed by atoms with van der Waals surface area (Å²) in [7, 11) is 1.76. The quantitative estimate of drug-likeness (QED) is 0.439. The molecule has 2 N–H and O–H groups in total. The molecule has 1 aromatic heterocycles. The lowest BCUT2D eigenvalue weighted by Gasteiger charge is -2.14. The lowest BCUT2D eigenvalue weighted by molar-refractivity contribution is 0.358. The van der Waals surface area contributed by atoms with E-state index >= 15 is 0 Å². The molecule has 1 heterocycles. The molecular formula is C18H24N4OS. The predicted molar refractivity (Wildman–Crippen MR) is 101 cm³/mol. The molecule has 0 aliphatic carbocycles. The Bertz CT molecular complexity index is 681. The van der Waals surface area contributed by atoms with E-state index in [1.54, 1.807) is 24.5 Å². The van der Waals surface area contributed by atoms with Crippen molar-refractivity contribution in [2.24, 2.45) is 4.99 Å². The fraction of sp³-hybridized carbons (Fsp3) is 0.333. The summed E-state index contributed by atoms with van der Waals surface area (Å²) < 4.78 is 5.67. The fourth-order valence-electron chi connectivity index (χ4n) is 2.11. The molecule has 2 aromatic rings. The summed E-state index contributed by atoms with van der Waals surface area (Å²) in [5.41, 5.74) is 2.11. The highest BCUT2D eigenvalue weighted by atomic mass is 32.1. The Hall–Kier alpha value is -2.34. The van der Waals surface area contributed by atoms with Crippen molar-refractivity contribution in [2.45, 2.75) is 26.4 Å². The Morgan fingerprint density at radius 2 is 2.12 bits per heavy atom. The summed E-state index contributed by atoms with van der Waals surface area (Å²) in [5, 5.41) is 9.82. The Labute approximate surface area is 147 Å². The van der Waals surface area contributed by atoms with Crippen LogP contribution in [0.3, 0.4) is 0 Å². The standard InChI is InChI=1S/C18H24N4OS/c1-4-10-23-16-9-7-6-8-14(16)11-20-18(19-3)21-12-15-13-24-17(5-2)22-15/h4,6-9,13H,1,5,10-12H2,2-3H3,(H2,19,20,21). The lowest BCUT2D eigenvalue weighted by Crippen LogP contribution is -2.36. The van der Waals surface area contributed by atoms with E-state index in [0.29, 0.717) is 19.7 Å². The number of ether oxygens (including phenoxy) is 1. The molecular weight excluding hydrogens is 320 g/mol. The van der Waals surface area contributed by atoms with Crippen LogP contribution in [0.1, 0.15) is 23.2 Å². The summed E-state index contributed by atoms with van der Waals surface area (Å²) in [6.45, 7) is 7.57. The molecule has 0 unspecified atom stereocenters. The number of rotatable bonds is 8. The summed E-state index contributed by atoms with van der Waals surface area (Å²) in [6, 6.07) is 7.95. The largest absolute Gasteiger partial charge is 0.489 e. The van der Waals surface area contributed by atoms with Gasteiger partial charge in [-0.15, -0.1) is 11.3 Å². The van der Waals surface area contributed by atoms with E-state index < -0.39 is 0 Å². The topological polar surface area (TPSA) is 58.5 Å². The second-order valence-corrected chi connectivity index (χ2v) is 6.02. The van der Waals surface area contributed by atoms with E-state index in [1.165, 1.54) is 0 Å². The number of nitrogens with zero attached hydrogens (tertiary/aromatic N) is 2. The maximum absolute atomic E-state index is 5.67. The van der Waals surface area contributed by atoms with E-state index in [9.17, 15) is 0 Å². The van der Waals surface area contributed by atoms with Gasteiger partial charge >= 0.3 is 0 Å². The average molecular weight is 344 g/mol. The molecule has 0 aliphatic rings. The van der Waals surface area contributed by atoms with Crippen LogP contribution in [0.15, 0.2) is 47.3 Å². The zero-order chi connectivity index (χ0) is 17.2. The van der Waals surface area contributed by atoms with E-state index in [-0.39, 0.29) is 0 Å². The smallest absolute Gasteiger partial charge is 0.191 e. The normalized spacial score (nSPS) is 11.2. The summed E-state index contributed by atoms with van der Waals surface area (Å²) in [5.74, 6) is 1.59. The molecule has 0 saturated carbocycles. The zero-order valence-electron chi connectivity index (χ0n) is 14.2. The number of hydrogen-bond donors (Lipinski definition) is 2. The van der Waals surface area contributed by atoms with Gasteiger partial charge in [0.1, 0.15) is 12.4 Å². The monoisotopic (exact) mass is 344 g/mol. The van der Waals surface area contributed by atoms with E-state index in [1.807, 2.05) is 24.3 Å². The Kier molecular flexibility index (Phi) is 7.29. The van der Waals surface area contributed by atoms with Crippen molar-refractivity contribution < 1.29 is 4.74 Å². The third-order valence-electron chi connectivity index (χ3n) is 3.34. The van der Waals surface area contributed by atoms with Crippen LogP contribution in [-0.4, -0.2) is 24.6 Å². The first-order valence-electron chi connectivity index (χ1n) is 7.96. The van der Waals surface area contributed by atoms with E-state index in [0.717, 1.165) is 34.4 Å². The van der Waals surface area contributed by atoms with Gasteiger partial charge in [-0.1, -0.05) is 37.8 Å². The van der Waals surface area contributed by atoms with Crippen molar-refractivity contribution in [1.29, 1.82) is 0 Å². The second kappa shape index (κ2) is 9.72. The molecule has 0 atom stereocenters. The zero-order valence-corrected chi connectivity index (χ0v) is 15.0. The van der Waals surface area contributed by atoms with Crippen LogP contribution in [0.2, 0.25) is 0 Å². The van der Waals surface area contributed by atoms with Gasteiger partial charge in [0.25, 0.3) is 0 Å². The molecule has 6 heteroatoms. The molecule has 0 radical (unpaired) electrons. The van der Waals surface area contributed by atoms with Crippen LogP contribution in [0, 0.1) is 0 Å². The summed E-state index contributed by atoms with van der Waals surface area (Å²) in [4.78, 5) is 8.80. The van der Waals surface area contributed by atoms with Gasteiger partial charge in [0.2, 0.25) is 0 Å². The first kappa shape index (κ1) is 18.0. The van der Waals surface area contributed by atoms with Gasteiger partial charge in [0.05, 0.1) is 17.2 Å². The summed E-state index contributed by atoms with van der Waals surface area (Å²) >= 11 is 1.69. The minimum absolute atomic E-state index is 0.494. The Morgan fingerprint density at radius 1 is 1.33 bits per heavy atom. The van der Waals surface area contributed by atoms with Crippen LogP contribution >= 0.6 is 11.3 Å². The third-order valence-corrected chi connectivity index (χ3v) is 4.38. The number of nitrogens with one attached hydrogen (secondary N) is 2. The van der Waals surface area contributed by atoms with Crippen LogP contribution in [0.4, 0.5) is 0 Å². The SMILES string of the molecule is C=CCOc1ccccc1CNC(=NC)NCc1csc(CC)n1. The van der Waals surface area contributed by atoms with Gasteiger partial charge in [0.15, 0.2) is 5.96 Å². The number of para-hydroxylation sites is 1. The van der Waals surface area contributed by atoms with Gasteiger partial charge in [-0.25, -0.2) is 4.98 Å². The lowest BCUT2D eigenvalue weighted by atomic mass is 10.2. The van der Waals surface area contributed by atoms with E-state index in [2.05, 4.69) is 39.5 Å². The van der Waals surface area contributed by atoms with Crippen LogP contribution in [0.5, 0.6) is 5.75 Å². The van der Waals surface area contributed by atoms with Crippen molar-refractivity contribution in [3.63, 3.8) is 0 Å². The molecule has 128 valence electrons. The minimum atomic E-state index is 0.494. The predicted octanol–water partition coefficient (Wildman–Crippen LogP) is 3.14. The van der Waals surface area contributed by atoms with Gasteiger partial charge < -0.3 is 15.4 Å². The fourth-order valence-corrected chi connectivity index (χ4v) is 2.85. The molecule has 2 rings (SSSR count). The molecule has 5 nitrogen and oxygen atoms in total. The highest BCUT2D eigenvalue weighted by Crippen LogP contribution is 2.17. The molecule has 0 aliphatic heterocycles. The number of benzene rings is 1. The van der Waals surface area contributed by atoms with Crippen molar-refractivity contribution >= 4 is 17.3 Å². The van der Waals surface area contributed by atoms with Gasteiger partial charge in [0, 0.05) is 24.5 Å². The van der Waals surface area contributed by atoms with Gasteiger partial charge in [-0.2, -0.15) is 0 Å². The summed E-state index contributed by atoms with van der Waals surface area (Å²) in [6.07, 6.45) is 2.71. The molecule has 24 heavy (non-hydrogen) atoms. The van der Waals surface area contributed by atoms with Crippen LogP contribution in [0.25, 0.3) is 0 Å². The van der Waals surface area contributed by atoms with Crippen molar-refractivity contribution in [2.75, 3.05) is 13.7 Å². The molecule has 0 fully saturated rings. The minimum Gasteiger partial charge on any atom is -0.489 e.